The van der Waals surface area contributed by atoms with Crippen molar-refractivity contribution in [3.8, 4) is 17.2 Å². The molecule has 1 amide bonds. The van der Waals surface area contributed by atoms with Crippen molar-refractivity contribution in [1.29, 1.82) is 0 Å². The number of methoxy groups -OCH3 is 1. The molecule has 8 nitrogen and oxygen atoms in total. The van der Waals surface area contributed by atoms with Gasteiger partial charge in [0.05, 0.1) is 7.11 Å². The van der Waals surface area contributed by atoms with E-state index in [0.29, 0.717) is 11.3 Å². The number of benzene rings is 2. The number of carbonyl (C=O) groups excluding carboxylic acids is 2. The Kier molecular flexibility index (Phi) is 9.82. The Bertz CT molecular complexity index is 1110. The first-order valence-corrected chi connectivity index (χ1v) is 10.4. The Hall–Kier alpha value is -4.14. The van der Waals surface area contributed by atoms with Crippen LogP contribution in [-0.4, -0.2) is 46.8 Å². The second-order valence-corrected chi connectivity index (χ2v) is 7.33. The van der Waals surface area contributed by atoms with Gasteiger partial charge in [-0.15, -0.1) is 0 Å². The van der Waals surface area contributed by atoms with Crippen molar-refractivity contribution in [2.24, 2.45) is 0 Å². The second kappa shape index (κ2) is 12.8. The van der Waals surface area contributed by atoms with Crippen molar-refractivity contribution >= 4 is 11.9 Å². The SMILES string of the molecule is COc1ccnc(C(=O)NCC(=O)OC(C)Cc2ccc(C)cc2F)c1O.Oc1ccccc1. The minimum Gasteiger partial charge on any atom is -0.508 e. The molecule has 0 fully saturated rings. The number of halogens is 1. The molecule has 0 radical (unpaired) electrons. The van der Waals surface area contributed by atoms with Gasteiger partial charge >= 0.3 is 5.97 Å². The fourth-order valence-corrected chi connectivity index (χ4v) is 2.87. The van der Waals surface area contributed by atoms with E-state index in [2.05, 4.69) is 10.3 Å². The number of hydrogen-bond acceptors (Lipinski definition) is 7. The lowest BCUT2D eigenvalue weighted by atomic mass is 10.1. The van der Waals surface area contributed by atoms with E-state index in [4.69, 9.17) is 14.6 Å². The third-order valence-electron chi connectivity index (χ3n) is 4.52. The summed E-state index contributed by atoms with van der Waals surface area (Å²) in [5.74, 6) is -1.81. The summed E-state index contributed by atoms with van der Waals surface area (Å²) >= 11 is 0. The molecule has 3 N–H and O–H groups in total. The Labute approximate surface area is 197 Å². The molecule has 3 rings (SSSR count). The number of para-hydroxylation sites is 1. The smallest absolute Gasteiger partial charge is 0.325 e. The molecule has 2 aromatic carbocycles. The van der Waals surface area contributed by atoms with Crippen molar-refractivity contribution < 1.29 is 33.7 Å². The molecule has 0 aliphatic carbocycles. The molecule has 3 aromatic rings. The highest BCUT2D eigenvalue weighted by molar-refractivity contribution is 5.97. The largest absolute Gasteiger partial charge is 0.508 e. The number of esters is 1. The predicted molar refractivity (Wildman–Crippen MR) is 123 cm³/mol. The molecule has 0 saturated carbocycles. The van der Waals surface area contributed by atoms with Gasteiger partial charge in [-0.25, -0.2) is 9.37 Å². The number of phenols is 1. The average molecular weight is 470 g/mol. The number of ether oxygens (including phenoxy) is 2. The van der Waals surface area contributed by atoms with Gasteiger partial charge in [0, 0.05) is 18.7 Å². The number of nitrogens with zero attached hydrogens (tertiary/aromatic N) is 1. The summed E-state index contributed by atoms with van der Waals surface area (Å²) in [6.45, 7) is 3.00. The minimum atomic E-state index is -0.749. The van der Waals surface area contributed by atoms with Crippen molar-refractivity contribution in [2.45, 2.75) is 26.4 Å². The normalized spacial score (nSPS) is 10.9. The molecule has 0 spiro atoms. The van der Waals surface area contributed by atoms with Gasteiger partial charge in [0.2, 0.25) is 0 Å². The number of phenolic OH excluding ortho intramolecular Hbond substituents is 1. The molecular formula is C25H27FN2O6. The van der Waals surface area contributed by atoms with Gasteiger partial charge in [0.15, 0.2) is 17.2 Å². The maximum Gasteiger partial charge on any atom is 0.325 e. The first-order valence-electron chi connectivity index (χ1n) is 10.4. The first-order chi connectivity index (χ1) is 16.2. The standard InChI is InChI=1S/C19H21FN2O5.C6H6O/c1-11-4-5-13(14(20)8-11)9-12(2)27-16(23)10-22-19(25)17-18(24)15(26-3)6-7-21-17;7-6-4-2-1-3-5-6/h4-8,12,24H,9-10H2,1-3H3,(H,22,25);1-5,7H. The van der Waals surface area contributed by atoms with Crippen LogP contribution in [0.15, 0.2) is 60.8 Å². The van der Waals surface area contributed by atoms with E-state index in [0.717, 1.165) is 5.56 Å². The molecule has 180 valence electrons. The summed E-state index contributed by atoms with van der Waals surface area (Å²) < 4.78 is 23.9. The number of aromatic nitrogens is 1. The number of hydrogen-bond donors (Lipinski definition) is 3. The van der Waals surface area contributed by atoms with Gasteiger partial charge in [-0.1, -0.05) is 30.3 Å². The molecule has 0 aliphatic heterocycles. The van der Waals surface area contributed by atoms with Gasteiger partial charge < -0.3 is 25.0 Å². The van der Waals surface area contributed by atoms with E-state index in [1.54, 1.807) is 50.2 Å². The highest BCUT2D eigenvalue weighted by Gasteiger charge is 2.19. The molecular weight excluding hydrogens is 443 g/mol. The highest BCUT2D eigenvalue weighted by atomic mass is 19.1. The molecule has 0 bridgehead atoms. The van der Waals surface area contributed by atoms with Crippen molar-refractivity contribution in [3.05, 3.63) is 83.4 Å². The van der Waals surface area contributed by atoms with E-state index in [1.165, 1.54) is 25.4 Å². The van der Waals surface area contributed by atoms with Crippen LogP contribution in [0, 0.1) is 12.7 Å². The second-order valence-electron chi connectivity index (χ2n) is 7.33. The number of pyridine rings is 1. The Morgan fingerprint density at radius 2 is 1.82 bits per heavy atom. The summed E-state index contributed by atoms with van der Waals surface area (Å²) in [5, 5.41) is 20.8. The zero-order valence-electron chi connectivity index (χ0n) is 19.1. The molecule has 1 heterocycles. The Morgan fingerprint density at radius 3 is 2.41 bits per heavy atom. The number of amides is 1. The van der Waals surface area contributed by atoms with Crippen molar-refractivity contribution in [3.63, 3.8) is 0 Å². The van der Waals surface area contributed by atoms with Crippen molar-refractivity contribution in [2.75, 3.05) is 13.7 Å². The van der Waals surface area contributed by atoms with Crippen LogP contribution in [0.5, 0.6) is 17.2 Å². The summed E-state index contributed by atoms with van der Waals surface area (Å²) in [6.07, 6.45) is 0.934. The van der Waals surface area contributed by atoms with E-state index in [-0.39, 0.29) is 23.7 Å². The lowest BCUT2D eigenvalue weighted by Crippen LogP contribution is -2.33. The quantitative estimate of drug-likeness (QED) is 0.452. The maximum atomic E-state index is 13.9. The van der Waals surface area contributed by atoms with Crippen LogP contribution >= 0.6 is 0 Å². The fraction of sp³-hybridized carbons (Fsp3) is 0.240. The van der Waals surface area contributed by atoms with Crippen LogP contribution in [0.1, 0.15) is 28.5 Å². The molecule has 1 atom stereocenters. The van der Waals surface area contributed by atoms with Crippen LogP contribution in [-0.2, 0) is 16.0 Å². The van der Waals surface area contributed by atoms with E-state index < -0.39 is 30.3 Å². The lowest BCUT2D eigenvalue weighted by molar-refractivity contribution is -0.146. The van der Waals surface area contributed by atoms with Crippen LogP contribution < -0.4 is 10.1 Å². The summed E-state index contributed by atoms with van der Waals surface area (Å²) in [6, 6.07) is 14.9. The average Bonchev–Trinajstić information content (AvgIpc) is 2.80. The molecule has 1 unspecified atom stereocenters. The van der Waals surface area contributed by atoms with E-state index in [9.17, 15) is 19.1 Å². The summed E-state index contributed by atoms with van der Waals surface area (Å²) in [4.78, 5) is 27.7. The van der Waals surface area contributed by atoms with Gasteiger partial charge in [-0.3, -0.25) is 9.59 Å². The number of nitrogens with one attached hydrogen (secondary N) is 1. The molecule has 34 heavy (non-hydrogen) atoms. The third kappa shape index (κ3) is 8.09. The minimum absolute atomic E-state index is 0.0893. The zero-order valence-corrected chi connectivity index (χ0v) is 19.1. The first kappa shape index (κ1) is 26.1. The monoisotopic (exact) mass is 470 g/mol. The van der Waals surface area contributed by atoms with Crippen molar-refractivity contribution in [1.82, 2.24) is 10.3 Å². The Balaban J connectivity index is 0.000000497. The van der Waals surface area contributed by atoms with Crippen LogP contribution in [0.4, 0.5) is 4.39 Å². The molecule has 0 aliphatic rings. The lowest BCUT2D eigenvalue weighted by Gasteiger charge is -2.14. The fourth-order valence-electron chi connectivity index (χ4n) is 2.87. The number of aryl methyl sites for hydroxylation is 1. The maximum absolute atomic E-state index is 13.9. The van der Waals surface area contributed by atoms with Crippen LogP contribution in [0.2, 0.25) is 0 Å². The van der Waals surface area contributed by atoms with E-state index >= 15 is 0 Å². The summed E-state index contributed by atoms with van der Waals surface area (Å²) in [7, 11) is 1.34. The predicted octanol–water partition coefficient (Wildman–Crippen LogP) is 3.54. The van der Waals surface area contributed by atoms with Gasteiger partial charge in [0.1, 0.15) is 24.2 Å². The van der Waals surface area contributed by atoms with Gasteiger partial charge in [-0.05, 0) is 43.2 Å². The topological polar surface area (TPSA) is 118 Å². The van der Waals surface area contributed by atoms with Crippen LogP contribution in [0.25, 0.3) is 0 Å². The molecule has 0 saturated heterocycles. The van der Waals surface area contributed by atoms with Gasteiger partial charge in [0.25, 0.3) is 5.91 Å². The molecule has 1 aromatic heterocycles. The summed E-state index contributed by atoms with van der Waals surface area (Å²) in [5.41, 5.74) is 0.977. The van der Waals surface area contributed by atoms with Gasteiger partial charge in [-0.2, -0.15) is 0 Å². The number of carbonyl (C=O) groups is 2. The molecule has 9 heteroatoms. The van der Waals surface area contributed by atoms with E-state index in [1.807, 2.05) is 6.07 Å². The zero-order chi connectivity index (χ0) is 25.1. The highest BCUT2D eigenvalue weighted by Crippen LogP contribution is 2.27. The number of aromatic hydroxyl groups is 2. The Morgan fingerprint density at radius 1 is 1.12 bits per heavy atom. The third-order valence-corrected chi connectivity index (χ3v) is 4.52. The number of rotatable bonds is 7. The van der Waals surface area contributed by atoms with Crippen LogP contribution in [0.3, 0.4) is 0 Å².